The van der Waals surface area contributed by atoms with Crippen molar-refractivity contribution < 1.29 is 14.1 Å². The molecule has 0 aromatic carbocycles. The second-order valence-electron chi connectivity index (χ2n) is 5.33. The second kappa shape index (κ2) is 5.95. The molecule has 0 bridgehead atoms. The van der Waals surface area contributed by atoms with E-state index in [2.05, 4.69) is 22.0 Å². The van der Waals surface area contributed by atoms with Crippen LogP contribution in [0.25, 0.3) is 11.5 Å². The van der Waals surface area contributed by atoms with Crippen molar-refractivity contribution in [1.29, 1.82) is 0 Å². The first kappa shape index (κ1) is 14.2. The van der Waals surface area contributed by atoms with Crippen LogP contribution in [-0.4, -0.2) is 41.2 Å². The van der Waals surface area contributed by atoms with Crippen LogP contribution in [0.1, 0.15) is 12.7 Å². The van der Waals surface area contributed by atoms with Gasteiger partial charge in [0.1, 0.15) is 0 Å². The zero-order valence-corrected chi connectivity index (χ0v) is 12.8. The molecule has 2 atom stereocenters. The van der Waals surface area contributed by atoms with Crippen LogP contribution in [-0.2, 0) is 16.1 Å². The minimum Gasteiger partial charge on any atom is -0.469 e. The van der Waals surface area contributed by atoms with Gasteiger partial charge in [0.15, 0.2) is 5.82 Å². The number of likely N-dealkylation sites (tertiary alicyclic amines) is 1. The predicted molar refractivity (Wildman–Crippen MR) is 77.6 cm³/mol. The Labute approximate surface area is 126 Å². The van der Waals surface area contributed by atoms with E-state index < -0.39 is 0 Å². The molecule has 2 aromatic heterocycles. The van der Waals surface area contributed by atoms with Gasteiger partial charge >= 0.3 is 5.97 Å². The lowest BCUT2D eigenvalue weighted by Gasteiger charge is -2.12. The maximum atomic E-state index is 11.7. The van der Waals surface area contributed by atoms with E-state index in [0.29, 0.717) is 24.8 Å². The molecule has 0 saturated carbocycles. The van der Waals surface area contributed by atoms with Crippen molar-refractivity contribution in [2.24, 2.45) is 11.8 Å². The van der Waals surface area contributed by atoms with E-state index in [-0.39, 0.29) is 17.8 Å². The molecule has 1 saturated heterocycles. The summed E-state index contributed by atoms with van der Waals surface area (Å²) in [6, 6.07) is 1.95. The largest absolute Gasteiger partial charge is 0.469 e. The average molecular weight is 307 g/mol. The molecule has 0 spiro atoms. The fourth-order valence-electron chi connectivity index (χ4n) is 2.68. The zero-order chi connectivity index (χ0) is 14.8. The maximum absolute atomic E-state index is 11.7. The fraction of sp³-hybridized carbons (Fsp3) is 0.500. The van der Waals surface area contributed by atoms with E-state index in [9.17, 15) is 4.79 Å². The summed E-state index contributed by atoms with van der Waals surface area (Å²) in [7, 11) is 1.43. The van der Waals surface area contributed by atoms with Crippen molar-refractivity contribution >= 4 is 17.3 Å². The van der Waals surface area contributed by atoms with E-state index in [1.54, 1.807) is 11.3 Å². The van der Waals surface area contributed by atoms with Gasteiger partial charge in [-0.2, -0.15) is 16.3 Å². The molecule has 112 valence electrons. The molecule has 2 aromatic rings. The van der Waals surface area contributed by atoms with Gasteiger partial charge < -0.3 is 9.26 Å². The molecule has 2 unspecified atom stereocenters. The van der Waals surface area contributed by atoms with Crippen LogP contribution in [0.4, 0.5) is 0 Å². The first-order valence-corrected chi connectivity index (χ1v) is 7.77. The summed E-state index contributed by atoms with van der Waals surface area (Å²) in [4.78, 5) is 18.2. The summed E-state index contributed by atoms with van der Waals surface area (Å²) in [5, 5.41) is 7.96. The minimum atomic E-state index is -0.142. The Balaban J connectivity index is 1.64. The number of rotatable bonds is 4. The zero-order valence-electron chi connectivity index (χ0n) is 12.0. The molecule has 1 fully saturated rings. The summed E-state index contributed by atoms with van der Waals surface area (Å²) in [5.41, 5.74) is 0.945. The molecule has 1 aliphatic rings. The number of hydrogen-bond acceptors (Lipinski definition) is 7. The summed E-state index contributed by atoms with van der Waals surface area (Å²) in [5.74, 6) is 1.26. The third-order valence-electron chi connectivity index (χ3n) is 3.79. The molecule has 0 aliphatic carbocycles. The van der Waals surface area contributed by atoms with Gasteiger partial charge in [-0.3, -0.25) is 9.69 Å². The molecular formula is C14H17N3O3S. The average Bonchev–Trinajstić information content (AvgIpc) is 3.18. The Morgan fingerprint density at radius 2 is 2.43 bits per heavy atom. The molecule has 0 radical (unpaired) electrons. The number of hydrogen-bond donors (Lipinski definition) is 0. The van der Waals surface area contributed by atoms with Crippen LogP contribution in [0.3, 0.4) is 0 Å². The van der Waals surface area contributed by atoms with Crippen molar-refractivity contribution in [2.75, 3.05) is 20.2 Å². The highest BCUT2D eigenvalue weighted by Gasteiger charge is 2.35. The lowest BCUT2D eigenvalue weighted by Crippen LogP contribution is -2.24. The van der Waals surface area contributed by atoms with Crippen molar-refractivity contribution in [3.63, 3.8) is 0 Å². The van der Waals surface area contributed by atoms with Crippen LogP contribution in [0.15, 0.2) is 21.3 Å². The van der Waals surface area contributed by atoms with Crippen molar-refractivity contribution in [2.45, 2.75) is 13.5 Å². The van der Waals surface area contributed by atoms with Crippen molar-refractivity contribution in [3.05, 3.63) is 22.7 Å². The van der Waals surface area contributed by atoms with Crippen LogP contribution >= 0.6 is 11.3 Å². The summed E-state index contributed by atoms with van der Waals surface area (Å²) in [6.07, 6.45) is 0. The van der Waals surface area contributed by atoms with Crippen molar-refractivity contribution in [1.82, 2.24) is 15.0 Å². The number of nitrogens with zero attached hydrogens (tertiary/aromatic N) is 3. The summed E-state index contributed by atoms with van der Waals surface area (Å²) >= 11 is 1.59. The molecule has 1 aliphatic heterocycles. The van der Waals surface area contributed by atoms with Crippen LogP contribution in [0.5, 0.6) is 0 Å². The molecule has 0 N–H and O–H groups in total. The van der Waals surface area contributed by atoms with Gasteiger partial charge in [-0.25, -0.2) is 0 Å². The fourth-order valence-corrected chi connectivity index (χ4v) is 3.31. The normalized spacial score (nSPS) is 22.6. The SMILES string of the molecule is COC(=O)C1CN(Cc2noc(-c3ccsc3)n2)CC1C. The molecular weight excluding hydrogens is 290 g/mol. The third kappa shape index (κ3) is 2.98. The van der Waals surface area contributed by atoms with Crippen LogP contribution in [0, 0.1) is 11.8 Å². The lowest BCUT2D eigenvalue weighted by atomic mass is 9.99. The third-order valence-corrected chi connectivity index (χ3v) is 4.48. The van der Waals surface area contributed by atoms with Gasteiger partial charge in [-0.1, -0.05) is 12.1 Å². The summed E-state index contributed by atoms with van der Waals surface area (Å²) < 4.78 is 10.1. The first-order chi connectivity index (χ1) is 10.2. The highest BCUT2D eigenvalue weighted by atomic mass is 32.1. The molecule has 21 heavy (non-hydrogen) atoms. The summed E-state index contributed by atoms with van der Waals surface area (Å²) in [6.45, 7) is 4.17. The first-order valence-electron chi connectivity index (χ1n) is 6.82. The van der Waals surface area contributed by atoms with Gasteiger partial charge in [-0.15, -0.1) is 0 Å². The maximum Gasteiger partial charge on any atom is 0.310 e. The molecule has 3 heterocycles. The smallest absolute Gasteiger partial charge is 0.310 e. The Bertz CT molecular complexity index is 611. The van der Waals surface area contributed by atoms with Gasteiger partial charge in [0.2, 0.25) is 0 Å². The number of methoxy groups -OCH3 is 1. The van der Waals surface area contributed by atoms with Gasteiger partial charge in [-0.05, 0) is 17.4 Å². The highest BCUT2D eigenvalue weighted by Crippen LogP contribution is 2.26. The quantitative estimate of drug-likeness (QED) is 0.805. The molecule has 6 nitrogen and oxygen atoms in total. The molecule has 3 rings (SSSR count). The van der Waals surface area contributed by atoms with E-state index in [0.717, 1.165) is 12.1 Å². The lowest BCUT2D eigenvalue weighted by molar-refractivity contribution is -0.146. The van der Waals surface area contributed by atoms with E-state index in [1.807, 2.05) is 16.8 Å². The number of carbonyl (C=O) groups excluding carboxylic acids is 1. The molecule has 0 amide bonds. The van der Waals surface area contributed by atoms with Gasteiger partial charge in [0.05, 0.1) is 25.1 Å². The van der Waals surface area contributed by atoms with Crippen LogP contribution in [0.2, 0.25) is 0 Å². The number of carbonyl (C=O) groups is 1. The van der Waals surface area contributed by atoms with E-state index >= 15 is 0 Å². The molecule has 7 heteroatoms. The van der Waals surface area contributed by atoms with Gasteiger partial charge in [0.25, 0.3) is 5.89 Å². The van der Waals surface area contributed by atoms with E-state index in [1.165, 1.54) is 7.11 Å². The Morgan fingerprint density at radius 1 is 1.57 bits per heavy atom. The Kier molecular flexibility index (Phi) is 4.03. The van der Waals surface area contributed by atoms with Crippen molar-refractivity contribution in [3.8, 4) is 11.5 Å². The predicted octanol–water partition coefficient (Wildman–Crippen LogP) is 2.04. The Hall–Kier alpha value is -1.73. The minimum absolute atomic E-state index is 0.0711. The van der Waals surface area contributed by atoms with E-state index in [4.69, 9.17) is 9.26 Å². The van der Waals surface area contributed by atoms with Crippen LogP contribution < -0.4 is 0 Å². The number of aromatic nitrogens is 2. The monoisotopic (exact) mass is 307 g/mol. The second-order valence-corrected chi connectivity index (χ2v) is 6.11. The van der Waals surface area contributed by atoms with Gasteiger partial charge in [0, 0.05) is 18.5 Å². The Morgan fingerprint density at radius 3 is 3.14 bits per heavy atom. The number of esters is 1. The number of ether oxygens (including phenoxy) is 1. The standard InChI is InChI=1S/C14H17N3O3S/c1-9-5-17(6-11(9)14(18)19-2)7-12-15-13(20-16-12)10-3-4-21-8-10/h3-4,8-9,11H,5-7H2,1-2H3. The number of thiophene rings is 1. The topological polar surface area (TPSA) is 68.5 Å². The highest BCUT2D eigenvalue weighted by molar-refractivity contribution is 7.08.